The van der Waals surface area contributed by atoms with Crippen LogP contribution in [0.4, 0.5) is 5.69 Å². The number of hydrazine groups is 1. The second kappa shape index (κ2) is 5.40. The third kappa shape index (κ3) is 2.82. The number of nitrogens with one attached hydrogen (secondary N) is 2. The summed E-state index contributed by atoms with van der Waals surface area (Å²) in [5, 5.41) is 1.63. The normalized spacial score (nSPS) is 11.4. The molecule has 4 N–H and O–H groups in total. The van der Waals surface area contributed by atoms with Crippen LogP contribution in [0.2, 0.25) is 0 Å². The van der Waals surface area contributed by atoms with Gasteiger partial charge < -0.3 is 5.43 Å². The van der Waals surface area contributed by atoms with Crippen molar-refractivity contribution in [3.05, 3.63) is 34.9 Å². The standard InChI is InChI=1S/C9H11N5O2S2/c10-14-8-2-1-3-11-9(8)18(15,16)13-4-7-5-17-6-12-7/h1-3,5-6,13-14H,4,10H2. The molecule has 96 valence electrons. The van der Waals surface area contributed by atoms with Gasteiger partial charge in [0.05, 0.1) is 23.4 Å². The number of thiazole rings is 1. The van der Waals surface area contributed by atoms with E-state index in [9.17, 15) is 8.42 Å². The molecule has 0 radical (unpaired) electrons. The maximum absolute atomic E-state index is 12.0. The number of hydrogen-bond donors (Lipinski definition) is 3. The molecule has 2 heterocycles. The lowest BCUT2D eigenvalue weighted by Crippen LogP contribution is -2.26. The fraction of sp³-hybridized carbons (Fsp3) is 0.111. The summed E-state index contributed by atoms with van der Waals surface area (Å²) >= 11 is 1.40. The molecule has 0 aliphatic heterocycles. The largest absolute Gasteiger partial charge is 0.321 e. The van der Waals surface area contributed by atoms with Gasteiger partial charge in [-0.1, -0.05) is 0 Å². The van der Waals surface area contributed by atoms with Gasteiger partial charge >= 0.3 is 0 Å². The van der Waals surface area contributed by atoms with Crippen molar-refractivity contribution in [1.29, 1.82) is 0 Å². The summed E-state index contributed by atoms with van der Waals surface area (Å²) in [7, 11) is -3.72. The lowest BCUT2D eigenvalue weighted by Gasteiger charge is -2.08. The van der Waals surface area contributed by atoms with E-state index in [1.165, 1.54) is 23.6 Å². The average Bonchev–Trinajstić information content (AvgIpc) is 2.89. The predicted octanol–water partition coefficient (Wildman–Crippen LogP) is 0.302. The topological polar surface area (TPSA) is 110 Å². The molecule has 2 aromatic heterocycles. The van der Waals surface area contributed by atoms with Crippen molar-refractivity contribution in [3.8, 4) is 0 Å². The second-order valence-electron chi connectivity index (χ2n) is 3.30. The van der Waals surface area contributed by atoms with E-state index in [0.717, 1.165) is 0 Å². The van der Waals surface area contributed by atoms with Crippen LogP contribution in [0.3, 0.4) is 0 Å². The highest BCUT2D eigenvalue weighted by Gasteiger charge is 2.19. The van der Waals surface area contributed by atoms with E-state index in [1.54, 1.807) is 17.0 Å². The summed E-state index contributed by atoms with van der Waals surface area (Å²) in [5.74, 6) is 5.25. The fourth-order valence-electron chi connectivity index (χ4n) is 1.28. The fourth-order valence-corrected chi connectivity index (χ4v) is 2.93. The molecule has 0 bridgehead atoms. The molecule has 0 amide bonds. The van der Waals surface area contributed by atoms with Gasteiger partial charge in [0.25, 0.3) is 10.0 Å². The van der Waals surface area contributed by atoms with Crippen molar-refractivity contribution in [3.63, 3.8) is 0 Å². The van der Waals surface area contributed by atoms with Gasteiger partial charge in [-0.05, 0) is 12.1 Å². The Morgan fingerprint density at radius 2 is 2.22 bits per heavy atom. The Kier molecular flexibility index (Phi) is 3.87. The molecule has 0 aromatic carbocycles. The van der Waals surface area contributed by atoms with Crippen LogP contribution in [-0.2, 0) is 16.6 Å². The molecule has 18 heavy (non-hydrogen) atoms. The number of nitrogen functional groups attached to an aromatic ring is 1. The Hall–Kier alpha value is -1.55. The lowest BCUT2D eigenvalue weighted by atomic mass is 10.4. The molecule has 0 aliphatic rings. The Balaban J connectivity index is 2.20. The predicted molar refractivity (Wildman–Crippen MR) is 68.2 cm³/mol. The van der Waals surface area contributed by atoms with Crippen molar-refractivity contribution in [2.24, 2.45) is 5.84 Å². The van der Waals surface area contributed by atoms with E-state index in [0.29, 0.717) is 5.69 Å². The first-order chi connectivity index (χ1) is 8.63. The van der Waals surface area contributed by atoms with Crippen LogP contribution in [-0.4, -0.2) is 18.4 Å². The van der Waals surface area contributed by atoms with Crippen molar-refractivity contribution in [1.82, 2.24) is 14.7 Å². The van der Waals surface area contributed by atoms with E-state index in [2.05, 4.69) is 20.1 Å². The van der Waals surface area contributed by atoms with Crippen LogP contribution in [0.15, 0.2) is 34.2 Å². The minimum Gasteiger partial charge on any atom is -0.321 e. The number of pyridine rings is 1. The molecule has 7 nitrogen and oxygen atoms in total. The summed E-state index contributed by atoms with van der Waals surface area (Å²) in [4.78, 5) is 7.80. The third-order valence-corrected chi connectivity index (χ3v) is 4.10. The summed E-state index contributed by atoms with van der Waals surface area (Å²) in [5.41, 5.74) is 4.83. The molecule has 0 fully saturated rings. The summed E-state index contributed by atoms with van der Waals surface area (Å²) in [6.07, 6.45) is 1.39. The first-order valence-corrected chi connectivity index (χ1v) is 7.34. The Morgan fingerprint density at radius 1 is 1.39 bits per heavy atom. The number of hydrogen-bond acceptors (Lipinski definition) is 7. The van der Waals surface area contributed by atoms with E-state index in [1.807, 2.05) is 0 Å². The van der Waals surface area contributed by atoms with Gasteiger partial charge in [-0.25, -0.2) is 23.1 Å². The zero-order valence-electron chi connectivity index (χ0n) is 9.20. The SMILES string of the molecule is NNc1cccnc1S(=O)(=O)NCc1cscn1. The van der Waals surface area contributed by atoms with Crippen LogP contribution >= 0.6 is 11.3 Å². The van der Waals surface area contributed by atoms with Gasteiger partial charge in [-0.3, -0.25) is 5.84 Å². The Bertz CT molecular complexity index is 612. The molecule has 0 spiro atoms. The highest BCUT2D eigenvalue weighted by molar-refractivity contribution is 7.89. The summed E-state index contributed by atoms with van der Waals surface area (Å²) in [6, 6.07) is 3.12. The maximum atomic E-state index is 12.0. The molecule has 0 saturated heterocycles. The Morgan fingerprint density at radius 3 is 2.89 bits per heavy atom. The van der Waals surface area contributed by atoms with Crippen LogP contribution in [0.25, 0.3) is 0 Å². The molecule has 0 aliphatic carbocycles. The lowest BCUT2D eigenvalue weighted by molar-refractivity contribution is 0.577. The van der Waals surface area contributed by atoms with Gasteiger partial charge in [0, 0.05) is 11.6 Å². The number of rotatable bonds is 5. The zero-order valence-corrected chi connectivity index (χ0v) is 10.8. The van der Waals surface area contributed by atoms with Gasteiger partial charge in [-0.15, -0.1) is 11.3 Å². The molecule has 0 atom stereocenters. The van der Waals surface area contributed by atoms with Gasteiger partial charge in [0.2, 0.25) is 0 Å². The number of anilines is 1. The van der Waals surface area contributed by atoms with E-state index in [4.69, 9.17) is 5.84 Å². The maximum Gasteiger partial charge on any atom is 0.260 e. The first kappa shape index (κ1) is 12.9. The Labute approximate surface area is 108 Å². The smallest absolute Gasteiger partial charge is 0.260 e. The zero-order chi connectivity index (χ0) is 13.0. The van der Waals surface area contributed by atoms with Crippen LogP contribution < -0.4 is 16.0 Å². The van der Waals surface area contributed by atoms with Crippen molar-refractivity contribution in [2.45, 2.75) is 11.6 Å². The minimum absolute atomic E-state index is 0.117. The molecular weight excluding hydrogens is 274 g/mol. The molecule has 2 aromatic rings. The highest BCUT2D eigenvalue weighted by Crippen LogP contribution is 2.16. The first-order valence-electron chi connectivity index (χ1n) is 4.92. The van der Waals surface area contributed by atoms with E-state index in [-0.39, 0.29) is 17.3 Å². The number of nitrogens with zero attached hydrogens (tertiary/aromatic N) is 2. The van der Waals surface area contributed by atoms with Gasteiger partial charge in [0.15, 0.2) is 5.03 Å². The van der Waals surface area contributed by atoms with Gasteiger partial charge in [0.1, 0.15) is 0 Å². The van der Waals surface area contributed by atoms with Crippen LogP contribution in [0, 0.1) is 0 Å². The average molecular weight is 285 g/mol. The minimum atomic E-state index is -3.72. The van der Waals surface area contributed by atoms with Crippen molar-refractivity contribution in [2.75, 3.05) is 5.43 Å². The van der Waals surface area contributed by atoms with Crippen molar-refractivity contribution < 1.29 is 8.42 Å². The van der Waals surface area contributed by atoms with Crippen LogP contribution in [0.1, 0.15) is 5.69 Å². The highest BCUT2D eigenvalue weighted by atomic mass is 32.2. The monoisotopic (exact) mass is 285 g/mol. The molecule has 9 heteroatoms. The van der Waals surface area contributed by atoms with Crippen LogP contribution in [0.5, 0.6) is 0 Å². The second-order valence-corrected chi connectivity index (χ2v) is 5.71. The number of sulfonamides is 1. The number of nitrogens with two attached hydrogens (primary N) is 1. The molecular formula is C9H11N5O2S2. The van der Waals surface area contributed by atoms with E-state index < -0.39 is 10.0 Å². The number of aromatic nitrogens is 2. The summed E-state index contributed by atoms with van der Waals surface area (Å²) in [6.45, 7) is 0.117. The van der Waals surface area contributed by atoms with Gasteiger partial charge in [-0.2, -0.15) is 0 Å². The molecule has 2 rings (SSSR count). The van der Waals surface area contributed by atoms with E-state index >= 15 is 0 Å². The quantitative estimate of drug-likeness (QED) is 0.538. The third-order valence-electron chi connectivity index (χ3n) is 2.11. The molecule has 0 unspecified atom stereocenters. The molecule has 0 saturated carbocycles. The van der Waals surface area contributed by atoms with Crippen molar-refractivity contribution >= 4 is 27.0 Å². The summed E-state index contributed by atoms with van der Waals surface area (Å²) < 4.78 is 26.4.